The molecule has 2 rings (SSSR count). The van der Waals surface area contributed by atoms with E-state index >= 15 is 0 Å². The average Bonchev–Trinajstić information content (AvgIpc) is 2.48. The van der Waals surface area contributed by atoms with Gasteiger partial charge in [0.15, 0.2) is 11.6 Å². The second-order valence-corrected chi connectivity index (χ2v) is 6.42. The molecule has 0 bridgehead atoms. The van der Waals surface area contributed by atoms with Crippen LogP contribution in [0.3, 0.4) is 0 Å². The van der Waals surface area contributed by atoms with Gasteiger partial charge < -0.3 is 10.5 Å². The minimum atomic E-state index is -3.93. The lowest BCUT2D eigenvalue weighted by Crippen LogP contribution is -2.14. The first kappa shape index (κ1) is 16.8. The van der Waals surface area contributed by atoms with Crippen LogP contribution in [0, 0.1) is 5.82 Å². The van der Waals surface area contributed by atoms with Crippen molar-refractivity contribution in [1.82, 2.24) is 0 Å². The molecule has 0 fully saturated rings. The zero-order valence-electron chi connectivity index (χ0n) is 12.2. The number of primary amides is 1. The summed E-state index contributed by atoms with van der Waals surface area (Å²) < 4.78 is 45.2. The highest BCUT2D eigenvalue weighted by Crippen LogP contribution is 2.22. The first-order chi connectivity index (χ1) is 10.8. The summed E-state index contributed by atoms with van der Waals surface area (Å²) in [6.07, 6.45) is 0.0662. The van der Waals surface area contributed by atoms with E-state index in [9.17, 15) is 17.6 Å². The highest BCUT2D eigenvalue weighted by molar-refractivity contribution is 7.92. The van der Waals surface area contributed by atoms with Crippen LogP contribution in [0.25, 0.3) is 0 Å². The van der Waals surface area contributed by atoms with Crippen molar-refractivity contribution in [3.63, 3.8) is 0 Å². The van der Waals surface area contributed by atoms with Gasteiger partial charge >= 0.3 is 0 Å². The molecule has 1 amide bonds. The Bertz CT molecular complexity index is 820. The maximum absolute atomic E-state index is 13.6. The summed E-state index contributed by atoms with van der Waals surface area (Å²) >= 11 is 0. The van der Waals surface area contributed by atoms with Crippen molar-refractivity contribution in [2.24, 2.45) is 5.73 Å². The number of carbonyl (C=O) groups excluding carboxylic acids is 1. The highest BCUT2D eigenvalue weighted by atomic mass is 32.2. The normalized spacial score (nSPS) is 11.0. The van der Waals surface area contributed by atoms with Gasteiger partial charge in [-0.3, -0.25) is 9.52 Å². The summed E-state index contributed by atoms with van der Waals surface area (Å²) in [5, 5.41) is 0. The van der Waals surface area contributed by atoms with Gasteiger partial charge in [0.05, 0.1) is 18.4 Å². The molecule has 122 valence electrons. The van der Waals surface area contributed by atoms with Crippen molar-refractivity contribution in [2.45, 2.75) is 11.3 Å². The van der Waals surface area contributed by atoms with E-state index in [0.29, 0.717) is 5.56 Å². The van der Waals surface area contributed by atoms with Crippen LogP contribution in [0.2, 0.25) is 0 Å². The maximum atomic E-state index is 13.6. The van der Waals surface area contributed by atoms with Gasteiger partial charge in [-0.2, -0.15) is 0 Å². The molecule has 3 N–H and O–H groups in total. The molecule has 6 nitrogen and oxygen atoms in total. The Morgan fingerprint density at radius 2 is 1.87 bits per heavy atom. The van der Waals surface area contributed by atoms with Gasteiger partial charge in [-0.25, -0.2) is 12.8 Å². The summed E-state index contributed by atoms with van der Waals surface area (Å²) in [7, 11) is -2.64. The summed E-state index contributed by atoms with van der Waals surface area (Å²) in [5.74, 6) is -1.29. The van der Waals surface area contributed by atoms with Crippen LogP contribution in [-0.2, 0) is 21.2 Å². The molecule has 0 aliphatic heterocycles. The standard InChI is InChI=1S/C15H15FN2O4S/c1-22-14-7-6-12(9-13(14)16)23(20,21)18-11-4-2-10(3-5-11)8-15(17)19/h2-7,9,18H,8H2,1H3,(H2,17,19). The molecule has 2 aromatic carbocycles. The minimum Gasteiger partial charge on any atom is -0.494 e. The lowest BCUT2D eigenvalue weighted by Gasteiger charge is -2.10. The number of anilines is 1. The van der Waals surface area contributed by atoms with Gasteiger partial charge in [0.2, 0.25) is 5.91 Å². The van der Waals surface area contributed by atoms with Crippen LogP contribution in [0.1, 0.15) is 5.56 Å². The van der Waals surface area contributed by atoms with Crippen molar-refractivity contribution < 1.29 is 22.3 Å². The van der Waals surface area contributed by atoms with E-state index in [1.165, 1.54) is 31.4 Å². The van der Waals surface area contributed by atoms with Crippen molar-refractivity contribution in [1.29, 1.82) is 0 Å². The van der Waals surface area contributed by atoms with Gasteiger partial charge in [0.25, 0.3) is 10.0 Å². The first-order valence-electron chi connectivity index (χ1n) is 6.55. The number of halogens is 1. The van der Waals surface area contributed by atoms with Gasteiger partial charge in [-0.15, -0.1) is 0 Å². The third kappa shape index (κ3) is 4.19. The monoisotopic (exact) mass is 338 g/mol. The quantitative estimate of drug-likeness (QED) is 0.837. The third-order valence-electron chi connectivity index (χ3n) is 3.02. The van der Waals surface area contributed by atoms with E-state index in [2.05, 4.69) is 4.72 Å². The molecule has 0 atom stereocenters. The van der Waals surface area contributed by atoms with Crippen LogP contribution >= 0.6 is 0 Å². The molecule has 0 unspecified atom stereocenters. The number of nitrogens with one attached hydrogen (secondary N) is 1. The maximum Gasteiger partial charge on any atom is 0.262 e. The first-order valence-corrected chi connectivity index (χ1v) is 8.04. The number of hydrogen-bond acceptors (Lipinski definition) is 4. The van der Waals surface area contributed by atoms with E-state index in [1.54, 1.807) is 12.1 Å². The smallest absolute Gasteiger partial charge is 0.262 e. The van der Waals surface area contributed by atoms with E-state index in [4.69, 9.17) is 10.5 Å². The van der Waals surface area contributed by atoms with E-state index in [0.717, 1.165) is 6.07 Å². The SMILES string of the molecule is COc1ccc(S(=O)(=O)Nc2ccc(CC(N)=O)cc2)cc1F. The highest BCUT2D eigenvalue weighted by Gasteiger charge is 2.17. The zero-order chi connectivity index (χ0) is 17.0. The third-order valence-corrected chi connectivity index (χ3v) is 4.40. The summed E-state index contributed by atoms with van der Waals surface area (Å²) in [6.45, 7) is 0. The number of hydrogen-bond donors (Lipinski definition) is 2. The Morgan fingerprint density at radius 3 is 2.39 bits per heavy atom. The molecule has 0 saturated heterocycles. The number of sulfonamides is 1. The van der Waals surface area contributed by atoms with Gasteiger partial charge in [-0.05, 0) is 35.9 Å². The molecule has 2 aromatic rings. The van der Waals surface area contributed by atoms with E-state index in [1.807, 2.05) is 0 Å². The van der Waals surface area contributed by atoms with Crippen LogP contribution in [0.4, 0.5) is 10.1 Å². The van der Waals surface area contributed by atoms with Crippen molar-refractivity contribution >= 4 is 21.6 Å². The van der Waals surface area contributed by atoms with Crippen LogP contribution < -0.4 is 15.2 Å². The Labute approximate surface area is 133 Å². The fraction of sp³-hybridized carbons (Fsp3) is 0.133. The predicted molar refractivity (Wildman–Crippen MR) is 83.1 cm³/mol. The molecule has 0 saturated carbocycles. The average molecular weight is 338 g/mol. The molecule has 0 aromatic heterocycles. The summed E-state index contributed by atoms with van der Waals surface area (Å²) in [4.78, 5) is 10.6. The predicted octanol–water partition coefficient (Wildman–Crippen LogP) is 1.66. The van der Waals surface area contributed by atoms with Crippen LogP contribution in [0.5, 0.6) is 5.75 Å². The Morgan fingerprint density at radius 1 is 1.22 bits per heavy atom. The number of carbonyl (C=O) groups is 1. The Kier molecular flexibility index (Phi) is 4.85. The molecule has 0 aliphatic rings. The van der Waals surface area contributed by atoms with Crippen LogP contribution in [0.15, 0.2) is 47.4 Å². The van der Waals surface area contributed by atoms with E-state index < -0.39 is 21.7 Å². The van der Waals surface area contributed by atoms with Gasteiger partial charge in [-0.1, -0.05) is 12.1 Å². The molecular formula is C15H15FN2O4S. The molecule has 0 aliphatic carbocycles. The van der Waals surface area contributed by atoms with Crippen molar-refractivity contribution in [2.75, 3.05) is 11.8 Å². The fourth-order valence-corrected chi connectivity index (χ4v) is 2.99. The lowest BCUT2D eigenvalue weighted by atomic mass is 10.1. The molecule has 23 heavy (non-hydrogen) atoms. The number of benzene rings is 2. The number of ether oxygens (including phenoxy) is 1. The molecular weight excluding hydrogens is 323 g/mol. The number of nitrogens with two attached hydrogens (primary N) is 1. The number of amides is 1. The Balaban J connectivity index is 2.20. The van der Waals surface area contributed by atoms with Crippen molar-refractivity contribution in [3.8, 4) is 5.75 Å². The van der Waals surface area contributed by atoms with Crippen LogP contribution in [-0.4, -0.2) is 21.4 Å². The fourth-order valence-electron chi connectivity index (χ4n) is 1.92. The van der Waals surface area contributed by atoms with Crippen molar-refractivity contribution in [3.05, 3.63) is 53.8 Å². The number of rotatable bonds is 6. The largest absolute Gasteiger partial charge is 0.494 e. The van der Waals surface area contributed by atoms with Gasteiger partial charge in [0.1, 0.15) is 0 Å². The molecule has 0 radical (unpaired) electrons. The Hall–Kier alpha value is -2.61. The second kappa shape index (κ2) is 6.66. The minimum absolute atomic E-state index is 0.0419. The molecule has 0 spiro atoms. The summed E-state index contributed by atoms with van der Waals surface area (Å²) in [5.41, 5.74) is 6.03. The second-order valence-electron chi connectivity index (χ2n) is 4.74. The van der Waals surface area contributed by atoms with Gasteiger partial charge in [0, 0.05) is 5.69 Å². The topological polar surface area (TPSA) is 98.5 Å². The molecule has 8 heteroatoms. The lowest BCUT2D eigenvalue weighted by molar-refractivity contribution is -0.117. The zero-order valence-corrected chi connectivity index (χ0v) is 13.1. The summed E-state index contributed by atoms with van der Waals surface area (Å²) in [6, 6.07) is 9.51. The number of methoxy groups -OCH3 is 1. The van der Waals surface area contributed by atoms with E-state index in [-0.39, 0.29) is 22.8 Å². The molecule has 0 heterocycles.